The zero-order valence-electron chi connectivity index (χ0n) is 13.9. The van der Waals surface area contributed by atoms with Gasteiger partial charge in [-0.3, -0.25) is 0 Å². The van der Waals surface area contributed by atoms with Gasteiger partial charge in [-0.15, -0.1) is 0 Å². The van der Waals surface area contributed by atoms with Gasteiger partial charge in [0.15, 0.2) is 0 Å². The van der Waals surface area contributed by atoms with Crippen molar-refractivity contribution in [2.75, 3.05) is 18.5 Å². The van der Waals surface area contributed by atoms with Crippen LogP contribution < -0.4 is 4.90 Å². The van der Waals surface area contributed by atoms with Crippen LogP contribution in [0.25, 0.3) is 0 Å². The highest BCUT2D eigenvalue weighted by Crippen LogP contribution is 2.30. The molecule has 0 saturated heterocycles. The number of rotatable bonds is 2. The number of benzene rings is 1. The third-order valence-corrected chi connectivity index (χ3v) is 6.68. The molecular weight excluding hydrogens is 346 g/mol. The Labute approximate surface area is 147 Å². The average Bonchev–Trinajstić information content (AvgIpc) is 2.67. The van der Waals surface area contributed by atoms with Crippen LogP contribution in [-0.2, 0) is 16.6 Å². The van der Waals surface area contributed by atoms with Crippen LogP contribution in [0, 0.1) is 6.92 Å². The fourth-order valence-corrected chi connectivity index (χ4v) is 4.79. The SMILES string of the molecule is Cc1cc(S(=O)(=O)N2Cc3ccccc3N(C)CC2C)cnc1Cl. The molecule has 1 unspecified atom stereocenters. The number of hydrogen-bond acceptors (Lipinski definition) is 4. The molecule has 2 aromatic rings. The Balaban J connectivity index is 2.05. The molecule has 0 aliphatic carbocycles. The van der Waals surface area contributed by atoms with Gasteiger partial charge < -0.3 is 4.90 Å². The van der Waals surface area contributed by atoms with Gasteiger partial charge >= 0.3 is 0 Å². The van der Waals surface area contributed by atoms with Gasteiger partial charge in [-0.2, -0.15) is 4.31 Å². The van der Waals surface area contributed by atoms with Crippen LogP contribution in [-0.4, -0.2) is 37.3 Å². The number of anilines is 1. The first-order valence-electron chi connectivity index (χ1n) is 7.73. The summed E-state index contributed by atoms with van der Waals surface area (Å²) >= 11 is 5.93. The molecule has 0 saturated carbocycles. The molecule has 0 spiro atoms. The predicted octanol–water partition coefficient (Wildman–Crippen LogP) is 3.07. The molecule has 0 radical (unpaired) electrons. The maximum Gasteiger partial charge on any atom is 0.245 e. The third kappa shape index (κ3) is 3.01. The molecule has 2 heterocycles. The number of nitrogens with zero attached hydrogens (tertiary/aromatic N) is 3. The van der Waals surface area contributed by atoms with Crippen LogP contribution in [0.3, 0.4) is 0 Å². The quantitative estimate of drug-likeness (QED) is 0.767. The molecule has 1 aromatic carbocycles. The van der Waals surface area contributed by atoms with Crippen LogP contribution in [0.15, 0.2) is 41.4 Å². The lowest BCUT2D eigenvalue weighted by Gasteiger charge is -2.27. The Kier molecular flexibility index (Phi) is 4.55. The average molecular weight is 366 g/mol. The molecule has 1 aromatic heterocycles. The summed E-state index contributed by atoms with van der Waals surface area (Å²) in [5.41, 5.74) is 2.71. The first-order valence-corrected chi connectivity index (χ1v) is 9.55. The van der Waals surface area contributed by atoms with E-state index in [2.05, 4.69) is 9.88 Å². The van der Waals surface area contributed by atoms with Crippen molar-refractivity contribution in [3.8, 4) is 0 Å². The van der Waals surface area contributed by atoms with Gasteiger partial charge in [0.25, 0.3) is 0 Å². The number of aryl methyl sites for hydroxylation is 1. The molecule has 0 fully saturated rings. The van der Waals surface area contributed by atoms with Crippen molar-refractivity contribution in [1.82, 2.24) is 9.29 Å². The minimum atomic E-state index is -3.65. The summed E-state index contributed by atoms with van der Waals surface area (Å²) in [6, 6.07) is 9.31. The van der Waals surface area contributed by atoms with Crippen LogP contribution in [0.1, 0.15) is 18.1 Å². The largest absolute Gasteiger partial charge is 0.373 e. The standard InChI is InChI=1S/C17H20ClN3O2S/c1-12-8-15(9-19-17(12)18)24(22,23)21-11-14-6-4-5-7-16(14)20(3)10-13(21)2/h4-9,13H,10-11H2,1-3H3. The van der Waals surface area contributed by atoms with Crippen LogP contribution >= 0.6 is 11.6 Å². The van der Waals surface area contributed by atoms with E-state index in [1.54, 1.807) is 17.3 Å². The fraction of sp³-hybridized carbons (Fsp3) is 0.353. The number of hydrogen-bond donors (Lipinski definition) is 0. The summed E-state index contributed by atoms with van der Waals surface area (Å²) in [5.74, 6) is 0. The Morgan fingerprint density at radius 2 is 2.00 bits per heavy atom. The van der Waals surface area contributed by atoms with Gasteiger partial charge in [0.1, 0.15) is 10.0 Å². The van der Waals surface area contributed by atoms with Gasteiger partial charge in [-0.25, -0.2) is 13.4 Å². The number of sulfonamides is 1. The highest BCUT2D eigenvalue weighted by molar-refractivity contribution is 7.89. The van der Waals surface area contributed by atoms with Crippen molar-refractivity contribution in [3.63, 3.8) is 0 Å². The molecule has 1 atom stereocenters. The minimum absolute atomic E-state index is 0.164. The van der Waals surface area contributed by atoms with Gasteiger partial charge in [0, 0.05) is 38.1 Å². The molecule has 5 nitrogen and oxygen atoms in total. The Bertz CT molecular complexity index is 870. The molecule has 128 valence electrons. The number of likely N-dealkylation sites (N-methyl/N-ethyl adjacent to an activating group) is 1. The van der Waals surface area contributed by atoms with E-state index in [0.717, 1.165) is 11.3 Å². The van der Waals surface area contributed by atoms with Crippen molar-refractivity contribution in [2.24, 2.45) is 0 Å². The molecule has 0 N–H and O–H groups in total. The molecule has 7 heteroatoms. The highest BCUT2D eigenvalue weighted by Gasteiger charge is 2.33. The maximum atomic E-state index is 13.2. The number of halogens is 1. The van der Waals surface area contributed by atoms with Crippen LogP contribution in [0.2, 0.25) is 5.15 Å². The Morgan fingerprint density at radius 1 is 1.29 bits per heavy atom. The van der Waals surface area contributed by atoms with E-state index in [-0.39, 0.29) is 10.9 Å². The van der Waals surface area contributed by atoms with Crippen molar-refractivity contribution in [1.29, 1.82) is 0 Å². The lowest BCUT2D eigenvalue weighted by Crippen LogP contribution is -2.41. The zero-order valence-corrected chi connectivity index (χ0v) is 15.5. The lowest BCUT2D eigenvalue weighted by molar-refractivity contribution is 0.340. The highest BCUT2D eigenvalue weighted by atomic mass is 35.5. The number of fused-ring (bicyclic) bond motifs is 1. The first-order chi connectivity index (χ1) is 11.3. The summed E-state index contributed by atoms with van der Waals surface area (Å²) in [6.45, 7) is 4.64. The van der Waals surface area contributed by atoms with Gasteiger partial charge in [0.05, 0.1) is 0 Å². The van der Waals surface area contributed by atoms with Crippen molar-refractivity contribution in [3.05, 3.63) is 52.8 Å². The molecule has 0 amide bonds. The summed E-state index contributed by atoms with van der Waals surface area (Å²) < 4.78 is 27.9. The smallest absolute Gasteiger partial charge is 0.245 e. The summed E-state index contributed by atoms with van der Waals surface area (Å²) in [4.78, 5) is 6.27. The second kappa shape index (κ2) is 6.35. The molecule has 0 bridgehead atoms. The third-order valence-electron chi connectivity index (χ3n) is 4.35. The predicted molar refractivity (Wildman–Crippen MR) is 95.9 cm³/mol. The molecular formula is C17H20ClN3O2S. The molecule has 3 rings (SSSR count). The van der Waals surface area contributed by atoms with E-state index >= 15 is 0 Å². The maximum absolute atomic E-state index is 13.2. The van der Waals surface area contributed by atoms with Crippen LogP contribution in [0.5, 0.6) is 0 Å². The summed E-state index contributed by atoms with van der Waals surface area (Å²) in [5, 5.41) is 0.322. The van der Waals surface area contributed by atoms with Gasteiger partial charge in [-0.1, -0.05) is 29.8 Å². The molecule has 1 aliphatic rings. The van der Waals surface area contributed by atoms with Crippen LogP contribution in [0.4, 0.5) is 5.69 Å². The topological polar surface area (TPSA) is 53.5 Å². The Morgan fingerprint density at radius 3 is 2.71 bits per heavy atom. The van der Waals surface area contributed by atoms with Crippen molar-refractivity contribution in [2.45, 2.75) is 31.3 Å². The van der Waals surface area contributed by atoms with Crippen molar-refractivity contribution < 1.29 is 8.42 Å². The van der Waals surface area contributed by atoms with E-state index in [0.29, 0.717) is 23.8 Å². The number of pyridine rings is 1. The van der Waals surface area contributed by atoms with E-state index in [1.807, 2.05) is 38.2 Å². The van der Waals surface area contributed by atoms with Crippen molar-refractivity contribution >= 4 is 27.3 Å². The van der Waals surface area contributed by atoms with Gasteiger partial charge in [-0.05, 0) is 37.1 Å². The molecule has 1 aliphatic heterocycles. The molecule has 24 heavy (non-hydrogen) atoms. The second-order valence-electron chi connectivity index (χ2n) is 6.19. The van der Waals surface area contributed by atoms with E-state index in [1.165, 1.54) is 6.20 Å². The second-order valence-corrected chi connectivity index (χ2v) is 8.44. The van der Waals surface area contributed by atoms with E-state index in [9.17, 15) is 8.42 Å². The zero-order chi connectivity index (χ0) is 17.5. The van der Waals surface area contributed by atoms with E-state index < -0.39 is 10.0 Å². The Hall–Kier alpha value is -1.63. The number of para-hydroxylation sites is 1. The first kappa shape index (κ1) is 17.2. The lowest BCUT2D eigenvalue weighted by atomic mass is 10.1. The minimum Gasteiger partial charge on any atom is -0.373 e. The fourth-order valence-electron chi connectivity index (χ4n) is 3.06. The normalized spacial score (nSPS) is 19.0. The monoisotopic (exact) mass is 365 g/mol. The van der Waals surface area contributed by atoms with E-state index in [4.69, 9.17) is 11.6 Å². The summed E-state index contributed by atoms with van der Waals surface area (Å²) in [6.07, 6.45) is 1.33. The van der Waals surface area contributed by atoms with Gasteiger partial charge in [0.2, 0.25) is 10.0 Å². The summed E-state index contributed by atoms with van der Waals surface area (Å²) in [7, 11) is -1.67. The number of aromatic nitrogens is 1.